The fourth-order valence-corrected chi connectivity index (χ4v) is 2.33. The number of rotatable bonds is 4. The normalized spacial score (nSPS) is 11.2. The first-order valence-corrected chi connectivity index (χ1v) is 6.34. The second-order valence-electron chi connectivity index (χ2n) is 4.73. The summed E-state index contributed by atoms with van der Waals surface area (Å²) in [5.41, 5.74) is 2.65. The molecule has 0 aliphatic heterocycles. The van der Waals surface area contributed by atoms with E-state index in [9.17, 15) is 0 Å². The van der Waals surface area contributed by atoms with Crippen LogP contribution in [0.15, 0.2) is 49.2 Å². The number of aryl methyl sites for hydroxylation is 3. The number of nitrogens with zero attached hydrogens (tertiary/aromatic N) is 3. The zero-order valence-electron chi connectivity index (χ0n) is 10.6. The molecule has 92 valence electrons. The molecule has 0 saturated heterocycles. The number of hydrogen-bond donors (Lipinski definition) is 0. The van der Waals surface area contributed by atoms with Gasteiger partial charge in [0, 0.05) is 37.2 Å². The Hall–Kier alpha value is -2.03. The summed E-state index contributed by atoms with van der Waals surface area (Å²) in [6.07, 6.45) is 9.01. The molecule has 3 heteroatoms. The first-order valence-electron chi connectivity index (χ1n) is 6.34. The fraction of sp³-hybridized carbons (Fsp3) is 0.267. The van der Waals surface area contributed by atoms with Gasteiger partial charge in [0.05, 0.1) is 6.33 Å². The van der Waals surface area contributed by atoms with Crippen LogP contribution in [0.5, 0.6) is 0 Å². The Morgan fingerprint density at radius 1 is 1.11 bits per heavy atom. The van der Waals surface area contributed by atoms with Gasteiger partial charge in [-0.1, -0.05) is 12.1 Å². The smallest absolute Gasteiger partial charge is 0.0945 e. The molecule has 3 aromatic rings. The minimum Gasteiger partial charge on any atom is -0.347 e. The maximum atomic E-state index is 4.06. The number of fused-ring (bicyclic) bond motifs is 1. The van der Waals surface area contributed by atoms with Crippen LogP contribution in [0.2, 0.25) is 0 Å². The Kier molecular flexibility index (Phi) is 2.89. The molecule has 0 bridgehead atoms. The van der Waals surface area contributed by atoms with Crippen LogP contribution in [0.3, 0.4) is 0 Å². The molecule has 0 atom stereocenters. The van der Waals surface area contributed by atoms with Gasteiger partial charge in [-0.15, -0.1) is 0 Å². The van der Waals surface area contributed by atoms with Crippen LogP contribution < -0.4 is 0 Å². The topological polar surface area (TPSA) is 22.8 Å². The summed E-state index contributed by atoms with van der Waals surface area (Å²) in [6, 6.07) is 8.80. The van der Waals surface area contributed by atoms with Gasteiger partial charge in [-0.25, -0.2) is 4.98 Å². The average molecular weight is 239 g/mol. The van der Waals surface area contributed by atoms with Crippen molar-refractivity contribution in [2.75, 3.05) is 0 Å². The third kappa shape index (κ3) is 2.16. The predicted octanol–water partition coefficient (Wildman–Crippen LogP) is 3.24. The number of benzene rings is 1. The van der Waals surface area contributed by atoms with E-state index in [1.54, 1.807) is 0 Å². The van der Waals surface area contributed by atoms with Crippen molar-refractivity contribution in [3.05, 3.63) is 54.7 Å². The Morgan fingerprint density at radius 3 is 2.89 bits per heavy atom. The molecule has 3 nitrogen and oxygen atoms in total. The minimum atomic E-state index is 1.02. The zero-order valence-corrected chi connectivity index (χ0v) is 10.6. The van der Waals surface area contributed by atoms with E-state index in [0.717, 1.165) is 19.5 Å². The van der Waals surface area contributed by atoms with E-state index in [-0.39, 0.29) is 0 Å². The first-order chi connectivity index (χ1) is 8.83. The molecular formula is C15H17N3. The van der Waals surface area contributed by atoms with Gasteiger partial charge >= 0.3 is 0 Å². The molecule has 3 rings (SSSR count). The lowest BCUT2D eigenvalue weighted by Gasteiger charge is -2.06. The van der Waals surface area contributed by atoms with Gasteiger partial charge in [0.25, 0.3) is 0 Å². The van der Waals surface area contributed by atoms with Crippen LogP contribution in [0.25, 0.3) is 10.9 Å². The Morgan fingerprint density at radius 2 is 2.06 bits per heavy atom. The van der Waals surface area contributed by atoms with Crippen molar-refractivity contribution in [2.45, 2.75) is 26.4 Å². The van der Waals surface area contributed by atoms with E-state index < -0.39 is 0 Å². The average Bonchev–Trinajstić information content (AvgIpc) is 2.99. The standard InChI is InChI=1S/C15H17N3/c1-13-3-4-14-5-9-18(15(14)11-13)8-2-7-17-10-6-16-12-17/h3-6,9-12H,2,7-8H2,1H3. The van der Waals surface area contributed by atoms with Gasteiger partial charge in [-0.2, -0.15) is 0 Å². The Bertz CT molecular complexity index is 635. The van der Waals surface area contributed by atoms with Gasteiger partial charge in [-0.3, -0.25) is 0 Å². The van der Waals surface area contributed by atoms with Crippen molar-refractivity contribution in [1.29, 1.82) is 0 Å². The summed E-state index contributed by atoms with van der Waals surface area (Å²) >= 11 is 0. The number of hydrogen-bond acceptors (Lipinski definition) is 1. The molecule has 0 radical (unpaired) electrons. The van der Waals surface area contributed by atoms with Crippen LogP contribution in [0.4, 0.5) is 0 Å². The highest BCUT2D eigenvalue weighted by Crippen LogP contribution is 2.17. The van der Waals surface area contributed by atoms with Gasteiger partial charge in [-0.05, 0) is 36.4 Å². The van der Waals surface area contributed by atoms with Gasteiger partial charge in [0.2, 0.25) is 0 Å². The SMILES string of the molecule is Cc1ccc2ccn(CCCn3ccnc3)c2c1. The summed E-state index contributed by atoms with van der Waals surface area (Å²) in [5, 5.41) is 1.32. The van der Waals surface area contributed by atoms with Crippen LogP contribution in [0.1, 0.15) is 12.0 Å². The largest absolute Gasteiger partial charge is 0.347 e. The molecule has 0 unspecified atom stereocenters. The molecule has 2 heterocycles. The van der Waals surface area contributed by atoms with Crippen molar-refractivity contribution in [3.63, 3.8) is 0 Å². The van der Waals surface area contributed by atoms with Gasteiger partial charge in [0.1, 0.15) is 0 Å². The first kappa shape index (κ1) is 11.1. The van der Waals surface area contributed by atoms with Crippen LogP contribution >= 0.6 is 0 Å². The van der Waals surface area contributed by atoms with Gasteiger partial charge in [0.15, 0.2) is 0 Å². The van der Waals surface area contributed by atoms with Crippen molar-refractivity contribution < 1.29 is 0 Å². The van der Waals surface area contributed by atoms with Crippen molar-refractivity contribution >= 4 is 10.9 Å². The predicted molar refractivity (Wildman–Crippen MR) is 73.5 cm³/mol. The second kappa shape index (κ2) is 4.69. The van der Waals surface area contributed by atoms with Crippen LogP contribution in [-0.2, 0) is 13.1 Å². The van der Waals surface area contributed by atoms with E-state index in [1.807, 2.05) is 18.7 Å². The zero-order chi connectivity index (χ0) is 12.4. The molecular weight excluding hydrogens is 222 g/mol. The summed E-state index contributed by atoms with van der Waals surface area (Å²) in [4.78, 5) is 4.06. The third-order valence-corrected chi connectivity index (χ3v) is 3.30. The summed E-state index contributed by atoms with van der Waals surface area (Å²) in [7, 11) is 0. The molecule has 0 amide bonds. The molecule has 0 saturated carbocycles. The lowest BCUT2D eigenvalue weighted by molar-refractivity contribution is 0.573. The summed E-state index contributed by atoms with van der Waals surface area (Å²) < 4.78 is 4.45. The molecule has 2 aromatic heterocycles. The number of imidazole rings is 1. The minimum absolute atomic E-state index is 1.02. The van der Waals surface area contributed by atoms with E-state index in [2.05, 4.69) is 51.5 Å². The van der Waals surface area contributed by atoms with E-state index in [1.165, 1.54) is 16.5 Å². The maximum absolute atomic E-state index is 4.06. The maximum Gasteiger partial charge on any atom is 0.0945 e. The highest BCUT2D eigenvalue weighted by Gasteiger charge is 2.01. The second-order valence-corrected chi connectivity index (χ2v) is 4.73. The summed E-state index contributed by atoms with van der Waals surface area (Å²) in [5.74, 6) is 0. The Balaban J connectivity index is 1.72. The Labute approximate surface area is 107 Å². The van der Waals surface area contributed by atoms with Crippen LogP contribution in [0, 0.1) is 6.92 Å². The van der Waals surface area contributed by atoms with E-state index >= 15 is 0 Å². The molecule has 0 aliphatic rings. The molecule has 18 heavy (non-hydrogen) atoms. The van der Waals surface area contributed by atoms with Crippen molar-refractivity contribution in [3.8, 4) is 0 Å². The molecule has 0 aliphatic carbocycles. The molecule has 1 aromatic carbocycles. The number of aromatic nitrogens is 3. The highest BCUT2D eigenvalue weighted by atomic mass is 15.0. The third-order valence-electron chi connectivity index (χ3n) is 3.30. The summed E-state index contributed by atoms with van der Waals surface area (Å²) in [6.45, 7) is 4.21. The lowest BCUT2D eigenvalue weighted by atomic mass is 10.2. The van der Waals surface area contributed by atoms with E-state index in [0.29, 0.717) is 0 Å². The fourth-order valence-electron chi connectivity index (χ4n) is 2.33. The van der Waals surface area contributed by atoms with Gasteiger partial charge < -0.3 is 9.13 Å². The van der Waals surface area contributed by atoms with Crippen molar-refractivity contribution in [2.24, 2.45) is 0 Å². The van der Waals surface area contributed by atoms with Crippen LogP contribution in [-0.4, -0.2) is 14.1 Å². The molecule has 0 N–H and O–H groups in total. The quantitative estimate of drug-likeness (QED) is 0.685. The van der Waals surface area contributed by atoms with E-state index in [4.69, 9.17) is 0 Å². The monoisotopic (exact) mass is 239 g/mol. The lowest BCUT2D eigenvalue weighted by Crippen LogP contribution is -2.01. The molecule has 0 spiro atoms. The highest BCUT2D eigenvalue weighted by molar-refractivity contribution is 5.80. The van der Waals surface area contributed by atoms with Crippen molar-refractivity contribution in [1.82, 2.24) is 14.1 Å². The molecule has 0 fully saturated rings.